The third kappa shape index (κ3) is 6.19. The summed E-state index contributed by atoms with van der Waals surface area (Å²) in [6.45, 7) is 19.8. The van der Waals surface area contributed by atoms with E-state index in [1.807, 2.05) is 19.1 Å². The molecule has 0 aliphatic heterocycles. The third-order valence-corrected chi connectivity index (χ3v) is 6.97. The lowest BCUT2D eigenvalue weighted by atomic mass is 9.86. The smallest absolute Gasteiger partial charge is 0.116 e. The molecule has 192 valence electrons. The number of anilines is 1. The Morgan fingerprint density at radius 3 is 1.58 bits per heavy atom. The molecule has 0 spiro atoms. The minimum atomic E-state index is 0.260. The largest absolute Gasteiger partial charge is 0.508 e. The van der Waals surface area contributed by atoms with E-state index < -0.39 is 0 Å². The van der Waals surface area contributed by atoms with Crippen molar-refractivity contribution in [3.05, 3.63) is 87.5 Å². The van der Waals surface area contributed by atoms with Crippen LogP contribution in [0.4, 0.5) is 11.4 Å². The highest BCUT2D eigenvalue weighted by Crippen LogP contribution is 2.38. The van der Waals surface area contributed by atoms with E-state index in [-0.39, 0.29) is 5.75 Å². The molecule has 0 aromatic heterocycles. The topological polar surface area (TPSA) is 58.6 Å². The first-order chi connectivity index (χ1) is 16.9. The molecule has 0 heterocycles. The Hall–Kier alpha value is -3.07. The molecule has 0 fully saturated rings. The molecule has 3 nitrogen and oxygen atoms in total. The first-order valence-corrected chi connectivity index (χ1v) is 13.3. The number of aromatic hydroxyl groups is 1. The van der Waals surface area contributed by atoms with Gasteiger partial charge in [0.25, 0.3) is 0 Å². The van der Waals surface area contributed by atoms with Gasteiger partial charge in [0, 0.05) is 11.4 Å². The molecule has 3 rings (SSSR count). The van der Waals surface area contributed by atoms with Crippen molar-refractivity contribution in [2.75, 3.05) is 5.73 Å². The minimum absolute atomic E-state index is 0.260. The minimum Gasteiger partial charge on any atom is -0.508 e. The van der Waals surface area contributed by atoms with Gasteiger partial charge >= 0.3 is 0 Å². The van der Waals surface area contributed by atoms with Crippen LogP contribution in [0, 0.1) is 0 Å². The lowest BCUT2D eigenvalue weighted by molar-refractivity contribution is 0.475. The van der Waals surface area contributed by atoms with E-state index >= 15 is 0 Å². The summed E-state index contributed by atoms with van der Waals surface area (Å²) in [6.07, 6.45) is 0.870. The summed E-state index contributed by atoms with van der Waals surface area (Å²) in [4.78, 5) is 5.14. The number of nitrogens with zero attached hydrogens (tertiary/aromatic N) is 1. The van der Waals surface area contributed by atoms with Crippen molar-refractivity contribution in [1.82, 2.24) is 0 Å². The van der Waals surface area contributed by atoms with Crippen LogP contribution >= 0.6 is 0 Å². The molecule has 3 N–H and O–H groups in total. The summed E-state index contributed by atoms with van der Waals surface area (Å²) in [5.74, 6) is 1.70. The van der Waals surface area contributed by atoms with Gasteiger partial charge in [-0.1, -0.05) is 91.8 Å². The lowest BCUT2D eigenvalue weighted by Gasteiger charge is -2.21. The van der Waals surface area contributed by atoms with E-state index in [2.05, 4.69) is 79.7 Å². The van der Waals surface area contributed by atoms with Gasteiger partial charge in [0.05, 0.1) is 5.69 Å². The summed E-state index contributed by atoms with van der Waals surface area (Å²) >= 11 is 0. The molecule has 0 aliphatic carbocycles. The van der Waals surface area contributed by atoms with Crippen LogP contribution in [0.2, 0.25) is 0 Å². The van der Waals surface area contributed by atoms with Gasteiger partial charge in [0.1, 0.15) is 5.75 Å². The van der Waals surface area contributed by atoms with E-state index in [4.69, 9.17) is 10.7 Å². The van der Waals surface area contributed by atoms with Crippen molar-refractivity contribution >= 4 is 17.1 Å². The standard InChI is InChI=1S/C33H44N2O/c1-19(2)28-14-24(15-29(20(3)4)32(28)34)13-25-16-30(21(5)6)33(31(17-25)22(7)8)35-23(9)26-11-10-12-27(36)18-26/h10-12,14-22,36H,13,34H2,1-9H3/b35-23+. The van der Waals surface area contributed by atoms with Crippen LogP contribution in [0.25, 0.3) is 0 Å². The average Bonchev–Trinajstić information content (AvgIpc) is 2.79. The van der Waals surface area contributed by atoms with Crippen LogP contribution in [0.3, 0.4) is 0 Å². The fourth-order valence-electron chi connectivity index (χ4n) is 4.88. The predicted octanol–water partition coefficient (Wildman–Crippen LogP) is 9.20. The second-order valence-electron chi connectivity index (χ2n) is 11.4. The Bertz CT molecular complexity index is 1190. The number of nitrogens with two attached hydrogens (primary N) is 1. The number of phenols is 1. The second-order valence-corrected chi connectivity index (χ2v) is 11.4. The highest BCUT2D eigenvalue weighted by Gasteiger charge is 2.18. The molecule has 0 amide bonds. The van der Waals surface area contributed by atoms with Gasteiger partial charge < -0.3 is 10.8 Å². The highest BCUT2D eigenvalue weighted by atomic mass is 16.3. The van der Waals surface area contributed by atoms with E-state index in [1.165, 1.54) is 33.4 Å². The second kappa shape index (κ2) is 11.3. The number of benzene rings is 3. The van der Waals surface area contributed by atoms with Crippen molar-refractivity contribution in [1.29, 1.82) is 0 Å². The lowest BCUT2D eigenvalue weighted by Crippen LogP contribution is -2.06. The van der Waals surface area contributed by atoms with Gasteiger partial charge in [-0.15, -0.1) is 0 Å². The number of hydrogen-bond acceptors (Lipinski definition) is 3. The SMILES string of the molecule is C/C(=N\c1c(C(C)C)cc(Cc2cc(C(C)C)c(N)c(C(C)C)c2)cc1C(C)C)c1cccc(O)c1. The molecule has 3 aromatic carbocycles. The molecule has 36 heavy (non-hydrogen) atoms. The van der Waals surface area contributed by atoms with Crippen LogP contribution in [-0.2, 0) is 6.42 Å². The molecule has 0 aliphatic rings. The van der Waals surface area contributed by atoms with Gasteiger partial charge in [0.15, 0.2) is 0 Å². The monoisotopic (exact) mass is 484 g/mol. The Balaban J connectivity index is 2.14. The van der Waals surface area contributed by atoms with E-state index in [0.717, 1.165) is 29.1 Å². The summed E-state index contributed by atoms with van der Waals surface area (Å²) in [6, 6.07) is 16.6. The number of nitrogen functional groups attached to an aromatic ring is 1. The molecular weight excluding hydrogens is 440 g/mol. The maximum absolute atomic E-state index is 9.95. The van der Waals surface area contributed by atoms with Gasteiger partial charge in [-0.2, -0.15) is 0 Å². The predicted molar refractivity (Wildman–Crippen MR) is 156 cm³/mol. The van der Waals surface area contributed by atoms with E-state index in [9.17, 15) is 5.11 Å². The zero-order valence-corrected chi connectivity index (χ0v) is 23.6. The quantitative estimate of drug-likeness (QED) is 0.247. The summed E-state index contributed by atoms with van der Waals surface area (Å²) < 4.78 is 0. The zero-order chi connectivity index (χ0) is 26.7. The summed E-state index contributed by atoms with van der Waals surface area (Å²) in [5, 5.41) is 9.95. The number of phenolic OH excluding ortho intramolecular Hbond substituents is 1. The van der Waals surface area contributed by atoms with Crippen LogP contribution in [0.1, 0.15) is 125 Å². The first kappa shape index (κ1) is 27.5. The van der Waals surface area contributed by atoms with Crippen LogP contribution in [-0.4, -0.2) is 10.8 Å². The Labute approximate surface area is 218 Å². The van der Waals surface area contributed by atoms with Crippen LogP contribution < -0.4 is 5.73 Å². The number of rotatable bonds is 8. The third-order valence-electron chi connectivity index (χ3n) is 6.97. The Morgan fingerprint density at radius 1 is 0.722 bits per heavy atom. The zero-order valence-electron chi connectivity index (χ0n) is 23.6. The van der Waals surface area contributed by atoms with Crippen molar-refractivity contribution in [3.63, 3.8) is 0 Å². The Kier molecular flexibility index (Phi) is 8.66. The van der Waals surface area contributed by atoms with E-state index in [1.54, 1.807) is 12.1 Å². The van der Waals surface area contributed by atoms with Crippen molar-refractivity contribution in [3.8, 4) is 5.75 Å². The molecule has 3 aromatic rings. The number of hydrogen-bond donors (Lipinski definition) is 2. The molecule has 0 atom stereocenters. The number of aliphatic imine (C=N–C) groups is 1. The molecule has 0 unspecified atom stereocenters. The molecule has 3 heteroatoms. The highest BCUT2D eigenvalue weighted by molar-refractivity contribution is 6.01. The summed E-state index contributed by atoms with van der Waals surface area (Å²) in [5.41, 5.74) is 18.1. The normalized spacial score (nSPS) is 12.4. The molecule has 0 saturated heterocycles. The Morgan fingerprint density at radius 2 is 1.17 bits per heavy atom. The van der Waals surface area contributed by atoms with Crippen molar-refractivity contribution in [2.24, 2.45) is 4.99 Å². The first-order valence-electron chi connectivity index (χ1n) is 13.3. The fourth-order valence-corrected chi connectivity index (χ4v) is 4.88. The van der Waals surface area contributed by atoms with Crippen molar-refractivity contribution < 1.29 is 5.11 Å². The maximum Gasteiger partial charge on any atom is 0.116 e. The fraction of sp³-hybridized carbons (Fsp3) is 0.424. The van der Waals surface area contributed by atoms with Crippen LogP contribution in [0.15, 0.2) is 53.5 Å². The molecule has 0 saturated carbocycles. The maximum atomic E-state index is 9.95. The molecule has 0 bridgehead atoms. The van der Waals surface area contributed by atoms with Gasteiger partial charge in [0.2, 0.25) is 0 Å². The molecular formula is C33H44N2O. The van der Waals surface area contributed by atoms with Gasteiger partial charge in [-0.3, -0.25) is 4.99 Å². The van der Waals surface area contributed by atoms with Crippen LogP contribution in [0.5, 0.6) is 5.75 Å². The van der Waals surface area contributed by atoms with Gasteiger partial charge in [-0.25, -0.2) is 0 Å². The molecule has 0 radical (unpaired) electrons. The van der Waals surface area contributed by atoms with Crippen molar-refractivity contribution in [2.45, 2.75) is 92.4 Å². The summed E-state index contributed by atoms with van der Waals surface area (Å²) in [7, 11) is 0. The van der Waals surface area contributed by atoms with E-state index in [0.29, 0.717) is 23.7 Å². The van der Waals surface area contributed by atoms with Gasteiger partial charge in [-0.05, 0) is 88.1 Å². The average molecular weight is 485 g/mol.